The highest BCUT2D eigenvalue weighted by Crippen LogP contribution is 2.31. The molecule has 29 heavy (non-hydrogen) atoms. The first kappa shape index (κ1) is 19.6. The predicted octanol–water partition coefficient (Wildman–Crippen LogP) is 2.65. The minimum absolute atomic E-state index is 0.296. The summed E-state index contributed by atoms with van der Waals surface area (Å²) in [6.07, 6.45) is -1.02. The van der Waals surface area contributed by atoms with E-state index in [2.05, 4.69) is 10.1 Å². The van der Waals surface area contributed by atoms with Gasteiger partial charge in [-0.1, -0.05) is 6.07 Å². The van der Waals surface area contributed by atoms with E-state index in [1.54, 1.807) is 35.3 Å². The fraction of sp³-hybridized carbons (Fsp3) is 0.316. The molecule has 0 saturated carbocycles. The monoisotopic (exact) mass is 422 g/mol. The van der Waals surface area contributed by atoms with Crippen LogP contribution >= 0.6 is 12.2 Å². The van der Waals surface area contributed by atoms with Crippen LogP contribution in [0.5, 0.6) is 0 Å². The summed E-state index contributed by atoms with van der Waals surface area (Å²) in [6.45, 7) is 3.37. The number of hydrogen-bond acceptors (Lipinski definition) is 5. The predicted molar refractivity (Wildman–Crippen MR) is 103 cm³/mol. The van der Waals surface area contributed by atoms with Crippen molar-refractivity contribution in [1.82, 2.24) is 14.8 Å². The molecule has 6 nitrogen and oxygen atoms in total. The zero-order valence-electron chi connectivity index (χ0n) is 15.4. The van der Waals surface area contributed by atoms with E-state index >= 15 is 0 Å². The summed E-state index contributed by atoms with van der Waals surface area (Å²) in [5.41, 5.74) is 0.772. The number of quaternary nitrogens is 1. The van der Waals surface area contributed by atoms with E-state index in [4.69, 9.17) is 16.6 Å². The molecular formula is C19H19F3N5OS+. The number of piperazine rings is 1. The van der Waals surface area contributed by atoms with Crippen molar-refractivity contribution >= 4 is 17.9 Å². The highest BCUT2D eigenvalue weighted by atomic mass is 32.1. The number of pyridine rings is 1. The molecule has 0 atom stereocenters. The van der Waals surface area contributed by atoms with Gasteiger partial charge < -0.3 is 14.2 Å². The Kier molecular flexibility index (Phi) is 5.37. The van der Waals surface area contributed by atoms with Crippen LogP contribution < -0.4 is 9.80 Å². The van der Waals surface area contributed by atoms with Gasteiger partial charge in [0.25, 0.3) is 4.84 Å². The quantitative estimate of drug-likeness (QED) is 0.656. The first-order chi connectivity index (χ1) is 13.9. The van der Waals surface area contributed by atoms with Crippen molar-refractivity contribution in [2.75, 3.05) is 31.1 Å². The van der Waals surface area contributed by atoms with Gasteiger partial charge in [0, 0.05) is 23.6 Å². The molecule has 1 aliphatic heterocycles. The second-order valence-electron chi connectivity index (χ2n) is 6.85. The van der Waals surface area contributed by atoms with Crippen molar-refractivity contribution in [1.29, 1.82) is 0 Å². The normalized spacial score (nSPS) is 15.6. The number of nitrogens with zero attached hydrogens (tertiary/aromatic N) is 4. The largest absolute Gasteiger partial charge is 0.416 e. The molecule has 0 unspecified atom stereocenters. The van der Waals surface area contributed by atoms with Crippen molar-refractivity contribution in [3.05, 3.63) is 59.2 Å². The number of aromatic nitrogens is 3. The number of anilines is 1. The minimum Gasteiger partial charge on any atom is -0.409 e. The highest BCUT2D eigenvalue weighted by Gasteiger charge is 2.31. The maximum absolute atomic E-state index is 12.9. The number of hydrogen-bond donors (Lipinski definition) is 1. The third-order valence-corrected chi connectivity index (χ3v) is 5.21. The molecule has 3 aromatic rings. The Morgan fingerprint density at radius 3 is 2.52 bits per heavy atom. The summed E-state index contributed by atoms with van der Waals surface area (Å²) in [5.74, 6) is 0.444. The summed E-state index contributed by atoms with van der Waals surface area (Å²) in [6, 6.07) is 9.07. The molecule has 0 amide bonds. The van der Waals surface area contributed by atoms with Gasteiger partial charge in [-0.25, -0.2) is 0 Å². The van der Waals surface area contributed by atoms with E-state index in [9.17, 15) is 13.2 Å². The number of nitrogens with one attached hydrogen (secondary N) is 1. The molecule has 1 saturated heterocycles. The van der Waals surface area contributed by atoms with Crippen LogP contribution in [0.25, 0.3) is 11.5 Å². The Balaban J connectivity index is 1.40. The van der Waals surface area contributed by atoms with Gasteiger partial charge in [-0.2, -0.15) is 17.9 Å². The fourth-order valence-electron chi connectivity index (χ4n) is 3.35. The lowest BCUT2D eigenvalue weighted by molar-refractivity contribution is -0.924. The third-order valence-electron chi connectivity index (χ3n) is 4.92. The van der Waals surface area contributed by atoms with Crippen molar-refractivity contribution in [2.45, 2.75) is 12.8 Å². The SMILES string of the molecule is FC(F)(F)c1cccc(N2CC[NH+](Cn3nc(-c4ccncc4)oc3=S)CC2)c1. The van der Waals surface area contributed by atoms with Gasteiger partial charge in [-0.3, -0.25) is 4.98 Å². The second kappa shape index (κ2) is 7.96. The van der Waals surface area contributed by atoms with Gasteiger partial charge in [0.1, 0.15) is 0 Å². The van der Waals surface area contributed by atoms with Crippen LogP contribution in [0.4, 0.5) is 18.9 Å². The summed E-state index contributed by atoms with van der Waals surface area (Å²) in [4.78, 5) is 7.48. The van der Waals surface area contributed by atoms with E-state index < -0.39 is 11.7 Å². The summed E-state index contributed by atoms with van der Waals surface area (Å²) in [7, 11) is 0. The fourth-order valence-corrected chi connectivity index (χ4v) is 3.53. The Hall–Kier alpha value is -2.72. The van der Waals surface area contributed by atoms with Gasteiger partial charge in [0.2, 0.25) is 5.89 Å². The van der Waals surface area contributed by atoms with Crippen LogP contribution in [0, 0.1) is 4.84 Å². The van der Waals surface area contributed by atoms with E-state index in [1.165, 1.54) is 17.0 Å². The van der Waals surface area contributed by atoms with Crippen LogP contribution in [0.2, 0.25) is 0 Å². The van der Waals surface area contributed by atoms with Crippen LogP contribution in [0.3, 0.4) is 0 Å². The van der Waals surface area contributed by atoms with Crippen LogP contribution in [0.15, 0.2) is 53.2 Å². The van der Waals surface area contributed by atoms with Gasteiger partial charge in [0.05, 0.1) is 31.7 Å². The summed E-state index contributed by atoms with van der Waals surface area (Å²) in [5, 5.41) is 4.45. The molecule has 1 fully saturated rings. The number of benzene rings is 1. The number of alkyl halides is 3. The highest BCUT2D eigenvalue weighted by molar-refractivity contribution is 7.71. The Morgan fingerprint density at radius 1 is 1.10 bits per heavy atom. The van der Waals surface area contributed by atoms with E-state index in [0.29, 0.717) is 36.2 Å². The van der Waals surface area contributed by atoms with Gasteiger partial charge in [-0.05, 0) is 42.5 Å². The topological polar surface area (TPSA) is 51.5 Å². The third kappa shape index (κ3) is 4.48. The summed E-state index contributed by atoms with van der Waals surface area (Å²) < 4.78 is 46.1. The van der Waals surface area contributed by atoms with Crippen molar-refractivity contribution in [2.24, 2.45) is 0 Å². The lowest BCUT2D eigenvalue weighted by Gasteiger charge is -2.33. The smallest absolute Gasteiger partial charge is 0.409 e. The van der Waals surface area contributed by atoms with E-state index in [-0.39, 0.29) is 0 Å². The molecule has 0 spiro atoms. The molecule has 1 aliphatic rings. The molecule has 152 valence electrons. The lowest BCUT2D eigenvalue weighted by atomic mass is 10.1. The van der Waals surface area contributed by atoms with E-state index in [1.807, 2.05) is 4.90 Å². The van der Waals surface area contributed by atoms with E-state index in [0.717, 1.165) is 24.7 Å². The summed E-state index contributed by atoms with van der Waals surface area (Å²) >= 11 is 5.28. The maximum Gasteiger partial charge on any atom is 0.416 e. The van der Waals surface area contributed by atoms with Crippen molar-refractivity contribution in [3.8, 4) is 11.5 Å². The average Bonchev–Trinajstić information content (AvgIpc) is 3.09. The molecule has 10 heteroatoms. The molecular weight excluding hydrogens is 403 g/mol. The molecule has 0 radical (unpaired) electrons. The minimum atomic E-state index is -4.33. The first-order valence-corrected chi connectivity index (χ1v) is 9.55. The standard InChI is InChI=1S/C19H18F3N5OS/c20-19(21,22)15-2-1-3-16(12-15)26-10-8-25(9-11-26)13-27-18(29)28-17(24-27)14-4-6-23-7-5-14/h1-7,12H,8-11,13H2/p+1. The maximum atomic E-state index is 12.9. The molecule has 4 rings (SSSR count). The zero-order chi connectivity index (χ0) is 20.4. The molecule has 3 heterocycles. The Bertz CT molecular complexity index is 1030. The second-order valence-corrected chi connectivity index (χ2v) is 7.20. The first-order valence-electron chi connectivity index (χ1n) is 9.14. The van der Waals surface area contributed by atoms with Gasteiger partial charge >= 0.3 is 6.18 Å². The number of rotatable bonds is 4. The Morgan fingerprint density at radius 2 is 1.83 bits per heavy atom. The van der Waals surface area contributed by atoms with Crippen molar-refractivity contribution in [3.63, 3.8) is 0 Å². The molecule has 0 aliphatic carbocycles. The number of halogens is 3. The molecule has 2 aromatic heterocycles. The average molecular weight is 422 g/mol. The van der Waals surface area contributed by atoms with Crippen LogP contribution in [-0.4, -0.2) is 40.9 Å². The van der Waals surface area contributed by atoms with Gasteiger partial charge in [-0.15, -0.1) is 5.10 Å². The molecule has 0 bridgehead atoms. The molecule has 1 aromatic carbocycles. The molecule has 1 N–H and O–H groups in total. The lowest BCUT2D eigenvalue weighted by Crippen LogP contribution is -3.14. The Labute approximate surface area is 170 Å². The van der Waals surface area contributed by atoms with Gasteiger partial charge in [0.15, 0.2) is 6.67 Å². The van der Waals surface area contributed by atoms with Crippen LogP contribution in [0.1, 0.15) is 5.56 Å². The van der Waals surface area contributed by atoms with Crippen molar-refractivity contribution < 1.29 is 22.5 Å². The zero-order valence-corrected chi connectivity index (χ0v) is 16.2. The van der Waals surface area contributed by atoms with Crippen LogP contribution in [-0.2, 0) is 12.8 Å².